The fraction of sp³-hybridized carbons (Fsp3) is 0.250. The normalized spacial score (nSPS) is 15.6. The van der Waals surface area contributed by atoms with Gasteiger partial charge in [-0.1, -0.05) is 30.3 Å². The van der Waals surface area contributed by atoms with Crippen LogP contribution in [0.25, 0.3) is 10.9 Å². The molecule has 1 aliphatic rings. The highest BCUT2D eigenvalue weighted by molar-refractivity contribution is 6.06. The van der Waals surface area contributed by atoms with Crippen LogP contribution in [0, 0.1) is 18.3 Å². The Hall–Kier alpha value is -3.92. The van der Waals surface area contributed by atoms with E-state index < -0.39 is 0 Å². The van der Waals surface area contributed by atoms with Gasteiger partial charge in [-0.25, -0.2) is 0 Å². The number of nitriles is 1. The molecule has 0 saturated carbocycles. The summed E-state index contributed by atoms with van der Waals surface area (Å²) in [6, 6.07) is 15.0. The molecule has 31 heavy (non-hydrogen) atoms. The number of anilines is 3. The average Bonchev–Trinajstić information content (AvgIpc) is 2.87. The van der Waals surface area contributed by atoms with Gasteiger partial charge in [0.1, 0.15) is 6.07 Å². The second kappa shape index (κ2) is 8.07. The zero-order chi connectivity index (χ0) is 22.1. The quantitative estimate of drug-likeness (QED) is 0.708. The van der Waals surface area contributed by atoms with E-state index in [-0.39, 0.29) is 30.8 Å². The van der Waals surface area contributed by atoms with E-state index in [2.05, 4.69) is 16.4 Å². The SMILES string of the molecule is Cc1cccc2c(N(C)CC(=O)N3c4ccccc4NC(=O)C[C@H]3C)c(C#N)cnc12. The van der Waals surface area contributed by atoms with Crippen molar-refractivity contribution >= 4 is 39.8 Å². The predicted molar refractivity (Wildman–Crippen MR) is 121 cm³/mol. The van der Waals surface area contributed by atoms with Gasteiger partial charge in [0.25, 0.3) is 0 Å². The number of carbonyl (C=O) groups excluding carboxylic acids is 2. The van der Waals surface area contributed by atoms with Gasteiger partial charge in [0.15, 0.2) is 0 Å². The third-order valence-electron chi connectivity index (χ3n) is 5.57. The van der Waals surface area contributed by atoms with Gasteiger partial charge in [0, 0.05) is 31.1 Å². The lowest BCUT2D eigenvalue weighted by Crippen LogP contribution is -2.44. The molecule has 4 rings (SSSR count). The Bertz CT molecular complexity index is 1230. The number of hydrogen-bond donors (Lipinski definition) is 1. The van der Waals surface area contributed by atoms with Crippen LogP contribution in [0.2, 0.25) is 0 Å². The molecule has 1 N–H and O–H groups in total. The summed E-state index contributed by atoms with van der Waals surface area (Å²) in [5, 5.41) is 13.4. The van der Waals surface area contributed by atoms with E-state index in [0.29, 0.717) is 22.6 Å². The first-order chi connectivity index (χ1) is 14.9. The van der Waals surface area contributed by atoms with E-state index in [1.54, 1.807) is 29.1 Å². The van der Waals surface area contributed by atoms with Gasteiger partial charge in [-0.05, 0) is 31.5 Å². The van der Waals surface area contributed by atoms with Crippen molar-refractivity contribution in [2.24, 2.45) is 0 Å². The van der Waals surface area contributed by atoms with Gasteiger partial charge in [-0.3, -0.25) is 14.6 Å². The summed E-state index contributed by atoms with van der Waals surface area (Å²) >= 11 is 0. The monoisotopic (exact) mass is 413 g/mol. The van der Waals surface area contributed by atoms with Crippen LogP contribution in [0.1, 0.15) is 24.5 Å². The summed E-state index contributed by atoms with van der Waals surface area (Å²) in [7, 11) is 1.80. The summed E-state index contributed by atoms with van der Waals surface area (Å²) in [5.41, 5.74) is 4.19. The number of carbonyl (C=O) groups is 2. The van der Waals surface area contributed by atoms with Gasteiger partial charge in [0.2, 0.25) is 11.8 Å². The Balaban J connectivity index is 1.72. The molecule has 0 bridgehead atoms. The molecule has 0 unspecified atom stereocenters. The fourth-order valence-corrected chi connectivity index (χ4v) is 4.18. The molecular weight excluding hydrogens is 390 g/mol. The highest BCUT2D eigenvalue weighted by Gasteiger charge is 2.30. The molecule has 7 nitrogen and oxygen atoms in total. The number of likely N-dealkylation sites (N-methyl/N-ethyl adjacent to an activating group) is 1. The van der Waals surface area contributed by atoms with E-state index in [0.717, 1.165) is 16.5 Å². The van der Waals surface area contributed by atoms with Crippen LogP contribution >= 0.6 is 0 Å². The molecule has 1 aliphatic heterocycles. The molecule has 1 aromatic heterocycles. The van der Waals surface area contributed by atoms with Crippen molar-refractivity contribution in [1.82, 2.24) is 4.98 Å². The fourth-order valence-electron chi connectivity index (χ4n) is 4.18. The third-order valence-corrected chi connectivity index (χ3v) is 5.57. The first-order valence-electron chi connectivity index (χ1n) is 10.1. The first kappa shape index (κ1) is 20.4. The van der Waals surface area contributed by atoms with Gasteiger partial charge in [0.05, 0.1) is 34.7 Å². The Morgan fingerprint density at radius 1 is 1.29 bits per heavy atom. The molecule has 2 heterocycles. The zero-order valence-corrected chi connectivity index (χ0v) is 17.7. The van der Waals surface area contributed by atoms with Crippen LogP contribution in [0.15, 0.2) is 48.7 Å². The van der Waals surface area contributed by atoms with Crippen LogP contribution in [0.3, 0.4) is 0 Å². The predicted octanol–water partition coefficient (Wildman–Crippen LogP) is 3.62. The van der Waals surface area contributed by atoms with E-state index in [9.17, 15) is 14.9 Å². The number of aromatic nitrogens is 1. The molecule has 0 saturated heterocycles. The minimum Gasteiger partial charge on any atom is -0.364 e. The van der Waals surface area contributed by atoms with Gasteiger partial charge in [-0.2, -0.15) is 5.26 Å². The Morgan fingerprint density at radius 3 is 2.84 bits per heavy atom. The van der Waals surface area contributed by atoms with Crippen molar-refractivity contribution in [3.63, 3.8) is 0 Å². The lowest BCUT2D eigenvalue weighted by molar-refractivity contribution is -0.118. The second-order valence-corrected chi connectivity index (χ2v) is 7.84. The Kier molecular flexibility index (Phi) is 5.30. The number of fused-ring (bicyclic) bond motifs is 2. The van der Waals surface area contributed by atoms with Crippen molar-refractivity contribution in [3.8, 4) is 6.07 Å². The summed E-state index contributed by atoms with van der Waals surface area (Å²) < 4.78 is 0. The summed E-state index contributed by atoms with van der Waals surface area (Å²) in [5.74, 6) is -0.272. The van der Waals surface area contributed by atoms with Crippen molar-refractivity contribution in [1.29, 1.82) is 5.26 Å². The number of para-hydroxylation sites is 3. The van der Waals surface area contributed by atoms with Gasteiger partial charge < -0.3 is 15.1 Å². The number of pyridine rings is 1. The highest BCUT2D eigenvalue weighted by atomic mass is 16.2. The lowest BCUT2D eigenvalue weighted by atomic mass is 10.1. The summed E-state index contributed by atoms with van der Waals surface area (Å²) in [4.78, 5) is 33.6. The van der Waals surface area contributed by atoms with Crippen LogP contribution in [0.4, 0.5) is 17.1 Å². The van der Waals surface area contributed by atoms with Crippen LogP contribution in [-0.4, -0.2) is 36.4 Å². The Labute approximate surface area is 180 Å². The van der Waals surface area contributed by atoms with Crippen molar-refractivity contribution in [2.75, 3.05) is 28.7 Å². The molecule has 7 heteroatoms. The van der Waals surface area contributed by atoms with Crippen LogP contribution in [0.5, 0.6) is 0 Å². The topological polar surface area (TPSA) is 89.3 Å². The number of nitrogens with one attached hydrogen (secondary N) is 1. The number of rotatable bonds is 3. The van der Waals surface area contributed by atoms with Crippen molar-refractivity contribution in [2.45, 2.75) is 26.3 Å². The van der Waals surface area contributed by atoms with Gasteiger partial charge >= 0.3 is 0 Å². The third kappa shape index (κ3) is 3.68. The average molecular weight is 413 g/mol. The smallest absolute Gasteiger partial charge is 0.246 e. The number of nitrogens with zero attached hydrogens (tertiary/aromatic N) is 4. The molecule has 0 aliphatic carbocycles. The molecular formula is C24H23N5O2. The minimum absolute atomic E-state index is 0.0502. The summed E-state index contributed by atoms with van der Waals surface area (Å²) in [6.45, 7) is 3.89. The maximum absolute atomic E-state index is 13.5. The van der Waals surface area contributed by atoms with Crippen molar-refractivity contribution in [3.05, 3.63) is 59.8 Å². The van der Waals surface area contributed by atoms with Crippen LogP contribution in [-0.2, 0) is 9.59 Å². The molecule has 2 aromatic carbocycles. The first-order valence-corrected chi connectivity index (χ1v) is 10.1. The second-order valence-electron chi connectivity index (χ2n) is 7.84. The largest absolute Gasteiger partial charge is 0.364 e. The number of amides is 2. The number of hydrogen-bond acceptors (Lipinski definition) is 5. The molecule has 1 atom stereocenters. The molecule has 0 spiro atoms. The van der Waals surface area contributed by atoms with E-state index in [4.69, 9.17) is 0 Å². The van der Waals surface area contributed by atoms with E-state index in [1.165, 1.54) is 0 Å². The van der Waals surface area contributed by atoms with E-state index in [1.807, 2.05) is 50.2 Å². The standard InChI is InChI=1S/C24H23N5O2/c1-15-7-6-8-18-23(15)26-13-17(12-25)24(18)28(3)14-22(31)29-16(2)11-21(30)27-19-9-4-5-10-20(19)29/h4-10,13,16H,11,14H2,1-3H3,(H,27,30)/t16-/m1/s1. The number of benzene rings is 2. The van der Waals surface area contributed by atoms with E-state index >= 15 is 0 Å². The van der Waals surface area contributed by atoms with Crippen LogP contribution < -0.4 is 15.1 Å². The molecule has 156 valence electrons. The maximum Gasteiger partial charge on any atom is 0.246 e. The minimum atomic E-state index is -0.295. The molecule has 2 amide bonds. The maximum atomic E-state index is 13.5. The molecule has 0 fully saturated rings. The summed E-state index contributed by atoms with van der Waals surface area (Å²) in [6.07, 6.45) is 1.77. The molecule has 0 radical (unpaired) electrons. The van der Waals surface area contributed by atoms with Crippen molar-refractivity contribution < 1.29 is 9.59 Å². The van der Waals surface area contributed by atoms with Gasteiger partial charge in [-0.15, -0.1) is 0 Å². The zero-order valence-electron chi connectivity index (χ0n) is 17.7. The molecule has 3 aromatic rings. The highest BCUT2D eigenvalue weighted by Crippen LogP contribution is 2.33. The Morgan fingerprint density at radius 2 is 2.06 bits per heavy atom. The number of aryl methyl sites for hydroxylation is 1. The lowest BCUT2D eigenvalue weighted by Gasteiger charge is -2.31.